The Bertz CT molecular complexity index is 602. The number of nitrogens with one attached hydrogen (secondary N) is 1. The average molecular weight is 335 g/mol. The Morgan fingerprint density at radius 1 is 1.40 bits per heavy atom. The van der Waals surface area contributed by atoms with Gasteiger partial charge in [-0.1, -0.05) is 13.8 Å². The highest BCUT2D eigenvalue weighted by molar-refractivity contribution is 9.10. The smallest absolute Gasteiger partial charge is 0.153 e. The largest absolute Gasteiger partial charge is 0.310 e. The molecule has 2 heterocycles. The predicted octanol–water partition coefficient (Wildman–Crippen LogP) is 3.41. The fourth-order valence-corrected chi connectivity index (χ4v) is 2.37. The fourth-order valence-electron chi connectivity index (χ4n) is 2.09. The zero-order chi connectivity index (χ0) is 14.1. The van der Waals surface area contributed by atoms with Gasteiger partial charge in [-0.05, 0) is 52.4 Å². The summed E-state index contributed by atoms with van der Waals surface area (Å²) in [6.07, 6.45) is 6.33. The van der Waals surface area contributed by atoms with E-state index in [-0.39, 0.29) is 0 Å². The molecule has 0 radical (unpaired) electrons. The van der Waals surface area contributed by atoms with Crippen LogP contribution >= 0.6 is 15.9 Å². The van der Waals surface area contributed by atoms with E-state index in [1.54, 1.807) is 6.20 Å². The van der Waals surface area contributed by atoms with Crippen LogP contribution in [-0.2, 0) is 6.54 Å². The zero-order valence-electron chi connectivity index (χ0n) is 11.8. The van der Waals surface area contributed by atoms with E-state index in [0.717, 1.165) is 22.5 Å². The van der Waals surface area contributed by atoms with E-state index in [0.29, 0.717) is 12.0 Å². The molecular weight excluding hydrogens is 316 g/mol. The SMILES string of the molecule is CC(C)c1cc(CNC2CC2)cc(-n2cc(Br)cn2)n1. The summed E-state index contributed by atoms with van der Waals surface area (Å²) in [5.41, 5.74) is 2.39. The molecule has 2 aromatic heterocycles. The van der Waals surface area contributed by atoms with Gasteiger partial charge in [0, 0.05) is 24.5 Å². The molecule has 20 heavy (non-hydrogen) atoms. The lowest BCUT2D eigenvalue weighted by Crippen LogP contribution is -2.16. The summed E-state index contributed by atoms with van der Waals surface area (Å²) in [6, 6.07) is 5.02. The van der Waals surface area contributed by atoms with Gasteiger partial charge in [-0.25, -0.2) is 9.67 Å². The lowest BCUT2D eigenvalue weighted by molar-refractivity contribution is 0.681. The molecule has 1 fully saturated rings. The maximum absolute atomic E-state index is 4.71. The Kier molecular flexibility index (Phi) is 3.89. The molecule has 4 nitrogen and oxygen atoms in total. The highest BCUT2D eigenvalue weighted by Crippen LogP contribution is 2.21. The van der Waals surface area contributed by atoms with Crippen molar-refractivity contribution in [3.8, 4) is 5.82 Å². The van der Waals surface area contributed by atoms with E-state index in [1.807, 2.05) is 10.9 Å². The van der Waals surface area contributed by atoms with Crippen molar-refractivity contribution in [1.29, 1.82) is 0 Å². The number of pyridine rings is 1. The molecule has 0 spiro atoms. The first-order valence-electron chi connectivity index (χ1n) is 7.06. The topological polar surface area (TPSA) is 42.7 Å². The van der Waals surface area contributed by atoms with Gasteiger partial charge in [0.1, 0.15) is 0 Å². The number of halogens is 1. The van der Waals surface area contributed by atoms with Gasteiger partial charge in [-0.2, -0.15) is 5.10 Å². The molecule has 0 saturated heterocycles. The summed E-state index contributed by atoms with van der Waals surface area (Å²) in [5, 5.41) is 7.88. The number of nitrogens with zero attached hydrogens (tertiary/aromatic N) is 3. The van der Waals surface area contributed by atoms with E-state index < -0.39 is 0 Å². The maximum atomic E-state index is 4.71. The molecule has 0 amide bonds. The first kappa shape index (κ1) is 13.8. The molecule has 2 aromatic rings. The fraction of sp³-hybridized carbons (Fsp3) is 0.467. The minimum atomic E-state index is 0.411. The van der Waals surface area contributed by atoms with Crippen LogP contribution in [0.25, 0.3) is 5.82 Å². The number of hydrogen-bond donors (Lipinski definition) is 1. The van der Waals surface area contributed by atoms with Crippen molar-refractivity contribution in [2.45, 2.75) is 45.2 Å². The van der Waals surface area contributed by atoms with Crippen LogP contribution in [0, 0.1) is 0 Å². The molecular formula is C15H19BrN4. The van der Waals surface area contributed by atoms with Crippen LogP contribution in [0.1, 0.15) is 43.9 Å². The second-order valence-corrected chi connectivity index (χ2v) is 6.59. The van der Waals surface area contributed by atoms with Crippen molar-refractivity contribution >= 4 is 15.9 Å². The lowest BCUT2D eigenvalue weighted by Gasteiger charge is -2.11. The van der Waals surface area contributed by atoms with E-state index >= 15 is 0 Å². The van der Waals surface area contributed by atoms with Crippen LogP contribution in [0.15, 0.2) is 29.0 Å². The Balaban J connectivity index is 1.90. The maximum Gasteiger partial charge on any atom is 0.153 e. The third-order valence-electron chi connectivity index (χ3n) is 3.44. The van der Waals surface area contributed by atoms with E-state index in [2.05, 4.69) is 52.3 Å². The molecule has 0 unspecified atom stereocenters. The highest BCUT2D eigenvalue weighted by atomic mass is 79.9. The van der Waals surface area contributed by atoms with E-state index in [1.165, 1.54) is 18.4 Å². The van der Waals surface area contributed by atoms with Crippen LogP contribution < -0.4 is 5.32 Å². The lowest BCUT2D eigenvalue weighted by atomic mass is 10.1. The van der Waals surface area contributed by atoms with Crippen LogP contribution in [-0.4, -0.2) is 20.8 Å². The third kappa shape index (κ3) is 3.27. The second kappa shape index (κ2) is 5.66. The average Bonchev–Trinajstić information content (AvgIpc) is 3.16. The van der Waals surface area contributed by atoms with Crippen LogP contribution in [0.4, 0.5) is 0 Å². The van der Waals surface area contributed by atoms with Gasteiger partial charge in [0.2, 0.25) is 0 Å². The Hall–Kier alpha value is -1.20. The zero-order valence-corrected chi connectivity index (χ0v) is 13.4. The van der Waals surface area contributed by atoms with Crippen molar-refractivity contribution in [2.75, 3.05) is 0 Å². The van der Waals surface area contributed by atoms with Gasteiger partial charge in [0.25, 0.3) is 0 Å². The van der Waals surface area contributed by atoms with Crippen molar-refractivity contribution in [2.24, 2.45) is 0 Å². The molecule has 106 valence electrons. The molecule has 0 atom stereocenters. The molecule has 3 rings (SSSR count). The highest BCUT2D eigenvalue weighted by Gasteiger charge is 2.20. The molecule has 1 aliphatic carbocycles. The number of aromatic nitrogens is 3. The quantitative estimate of drug-likeness (QED) is 0.911. The van der Waals surface area contributed by atoms with Crippen molar-refractivity contribution in [1.82, 2.24) is 20.1 Å². The number of rotatable bonds is 5. The van der Waals surface area contributed by atoms with Crippen LogP contribution in [0.5, 0.6) is 0 Å². The molecule has 1 saturated carbocycles. The summed E-state index contributed by atoms with van der Waals surface area (Å²) in [5.74, 6) is 1.29. The Morgan fingerprint density at radius 3 is 2.80 bits per heavy atom. The molecule has 0 aromatic carbocycles. The molecule has 5 heteroatoms. The second-order valence-electron chi connectivity index (χ2n) is 5.67. The van der Waals surface area contributed by atoms with Gasteiger partial charge in [-0.3, -0.25) is 0 Å². The molecule has 1 N–H and O–H groups in total. The van der Waals surface area contributed by atoms with Crippen LogP contribution in [0.3, 0.4) is 0 Å². The number of hydrogen-bond acceptors (Lipinski definition) is 3. The molecule has 1 aliphatic rings. The van der Waals surface area contributed by atoms with E-state index in [4.69, 9.17) is 4.98 Å². The molecule has 0 aliphatic heterocycles. The first-order chi connectivity index (χ1) is 9.61. The Labute approximate surface area is 127 Å². The molecule has 0 bridgehead atoms. The van der Waals surface area contributed by atoms with Gasteiger partial charge >= 0.3 is 0 Å². The summed E-state index contributed by atoms with van der Waals surface area (Å²) in [4.78, 5) is 4.71. The van der Waals surface area contributed by atoms with Gasteiger partial charge in [0.05, 0.1) is 10.7 Å². The predicted molar refractivity (Wildman–Crippen MR) is 83.0 cm³/mol. The van der Waals surface area contributed by atoms with Crippen molar-refractivity contribution in [3.05, 3.63) is 40.3 Å². The minimum absolute atomic E-state index is 0.411. The first-order valence-corrected chi connectivity index (χ1v) is 7.86. The summed E-state index contributed by atoms with van der Waals surface area (Å²) in [6.45, 7) is 5.24. The van der Waals surface area contributed by atoms with Crippen LogP contribution in [0.2, 0.25) is 0 Å². The standard InChI is InChI=1S/C15H19BrN4/c1-10(2)14-5-11(7-17-13-3-4-13)6-15(19-14)20-9-12(16)8-18-20/h5-6,8-10,13,17H,3-4,7H2,1-2H3. The van der Waals surface area contributed by atoms with Crippen molar-refractivity contribution in [3.63, 3.8) is 0 Å². The summed E-state index contributed by atoms with van der Waals surface area (Å²) >= 11 is 3.43. The van der Waals surface area contributed by atoms with Gasteiger partial charge < -0.3 is 5.32 Å². The monoisotopic (exact) mass is 334 g/mol. The summed E-state index contributed by atoms with van der Waals surface area (Å²) < 4.78 is 2.78. The minimum Gasteiger partial charge on any atom is -0.310 e. The van der Waals surface area contributed by atoms with Gasteiger partial charge in [-0.15, -0.1) is 0 Å². The third-order valence-corrected chi connectivity index (χ3v) is 3.85. The summed E-state index contributed by atoms with van der Waals surface area (Å²) in [7, 11) is 0. The Morgan fingerprint density at radius 2 is 2.20 bits per heavy atom. The van der Waals surface area contributed by atoms with Gasteiger partial charge in [0.15, 0.2) is 5.82 Å². The normalized spacial score (nSPS) is 15.0. The van der Waals surface area contributed by atoms with E-state index in [9.17, 15) is 0 Å². The van der Waals surface area contributed by atoms with Crippen molar-refractivity contribution < 1.29 is 0 Å².